The average molecular weight is 413 g/mol. The van der Waals surface area contributed by atoms with E-state index >= 15 is 0 Å². The number of thiocarbonyl (C=S) groups is 1. The molecule has 1 fully saturated rings. The van der Waals surface area contributed by atoms with E-state index in [1.165, 1.54) is 17.7 Å². The summed E-state index contributed by atoms with van der Waals surface area (Å²) in [6, 6.07) is 14.7. The van der Waals surface area contributed by atoms with Crippen molar-refractivity contribution in [2.75, 3.05) is 36.4 Å². The molecule has 1 aromatic heterocycles. The maximum Gasteiger partial charge on any atom is 0.185 e. The molecule has 0 spiro atoms. The summed E-state index contributed by atoms with van der Waals surface area (Å²) in [5, 5.41) is 7.12. The largest absolute Gasteiger partial charge is 0.345 e. The molecule has 28 heavy (non-hydrogen) atoms. The van der Waals surface area contributed by atoms with Crippen LogP contribution in [0.5, 0.6) is 0 Å². The van der Waals surface area contributed by atoms with Crippen LogP contribution >= 0.6 is 23.6 Å². The van der Waals surface area contributed by atoms with Crippen LogP contribution in [0.3, 0.4) is 0 Å². The van der Waals surface area contributed by atoms with E-state index in [4.69, 9.17) is 17.2 Å². The third kappa shape index (κ3) is 4.31. The monoisotopic (exact) mass is 412 g/mol. The second-order valence-electron chi connectivity index (χ2n) is 6.80. The van der Waals surface area contributed by atoms with Crippen LogP contribution in [-0.4, -0.2) is 41.2 Å². The molecule has 4 rings (SSSR count). The highest BCUT2D eigenvalue weighted by Crippen LogP contribution is 2.28. The minimum Gasteiger partial charge on any atom is -0.345 e. The van der Waals surface area contributed by atoms with Crippen LogP contribution in [0.15, 0.2) is 53.9 Å². The highest BCUT2D eigenvalue weighted by atomic mass is 32.1. The third-order valence-corrected chi connectivity index (χ3v) is 6.00. The summed E-state index contributed by atoms with van der Waals surface area (Å²) in [5.74, 6) is -0.231. The number of anilines is 2. The number of thiazole rings is 1. The Kier molecular flexibility index (Phi) is 5.54. The molecule has 7 heteroatoms. The molecule has 0 radical (unpaired) electrons. The summed E-state index contributed by atoms with van der Waals surface area (Å²) < 4.78 is 13.1. The molecule has 1 aliphatic rings. The van der Waals surface area contributed by atoms with Crippen LogP contribution in [0.4, 0.5) is 15.2 Å². The summed E-state index contributed by atoms with van der Waals surface area (Å²) in [7, 11) is 0. The zero-order chi connectivity index (χ0) is 19.5. The third-order valence-electron chi connectivity index (χ3n) is 4.74. The van der Waals surface area contributed by atoms with Crippen LogP contribution in [0, 0.1) is 12.7 Å². The van der Waals surface area contributed by atoms with Gasteiger partial charge in [0, 0.05) is 42.8 Å². The first-order valence-corrected chi connectivity index (χ1v) is 10.5. The predicted octanol–water partition coefficient (Wildman–Crippen LogP) is 4.78. The molecule has 0 bridgehead atoms. The van der Waals surface area contributed by atoms with Gasteiger partial charge in [0.1, 0.15) is 5.82 Å². The molecule has 0 aliphatic carbocycles. The lowest BCUT2D eigenvalue weighted by Gasteiger charge is -2.36. The standard InChI is InChI=1S/C21H21FN4S2/c1-15-3-2-4-18(13-15)23-20(27)25-9-11-26(12-10-25)21-24-19(14-28-21)16-5-7-17(22)8-6-16/h2-8,13-14H,9-12H2,1H3,(H,23,27). The van der Waals surface area contributed by atoms with Crippen molar-refractivity contribution in [1.82, 2.24) is 9.88 Å². The molecule has 1 N–H and O–H groups in total. The first kappa shape index (κ1) is 18.8. The van der Waals surface area contributed by atoms with Gasteiger partial charge in [0.25, 0.3) is 0 Å². The Labute approximate surface area is 173 Å². The van der Waals surface area contributed by atoms with Gasteiger partial charge in [-0.15, -0.1) is 11.3 Å². The molecule has 0 saturated carbocycles. The van der Waals surface area contributed by atoms with Gasteiger partial charge in [-0.05, 0) is 61.1 Å². The van der Waals surface area contributed by atoms with Crippen molar-refractivity contribution in [1.29, 1.82) is 0 Å². The van der Waals surface area contributed by atoms with Crippen molar-refractivity contribution in [3.05, 3.63) is 65.3 Å². The van der Waals surface area contributed by atoms with Gasteiger partial charge in [-0.25, -0.2) is 9.37 Å². The van der Waals surface area contributed by atoms with Gasteiger partial charge in [-0.1, -0.05) is 12.1 Å². The van der Waals surface area contributed by atoms with Crippen LogP contribution in [0.25, 0.3) is 11.3 Å². The van der Waals surface area contributed by atoms with Gasteiger partial charge in [-0.3, -0.25) is 0 Å². The van der Waals surface area contributed by atoms with E-state index in [-0.39, 0.29) is 5.82 Å². The SMILES string of the molecule is Cc1cccc(NC(=S)N2CCN(c3nc(-c4ccc(F)cc4)cs3)CC2)c1. The van der Waals surface area contributed by atoms with Gasteiger partial charge in [0.15, 0.2) is 10.2 Å². The van der Waals surface area contributed by atoms with Crippen molar-refractivity contribution in [3.63, 3.8) is 0 Å². The van der Waals surface area contributed by atoms with Crippen LogP contribution in [0.1, 0.15) is 5.56 Å². The molecule has 2 heterocycles. The number of hydrogen-bond donors (Lipinski definition) is 1. The van der Waals surface area contributed by atoms with E-state index in [0.717, 1.165) is 53.4 Å². The fourth-order valence-corrected chi connectivity index (χ4v) is 4.38. The Hall–Kier alpha value is -2.51. The van der Waals surface area contributed by atoms with E-state index in [1.807, 2.05) is 17.5 Å². The molecular weight excluding hydrogens is 391 g/mol. The van der Waals surface area contributed by atoms with Crippen molar-refractivity contribution in [3.8, 4) is 11.3 Å². The van der Waals surface area contributed by atoms with E-state index in [2.05, 4.69) is 34.2 Å². The molecule has 144 valence electrons. The Morgan fingerprint density at radius 1 is 1.11 bits per heavy atom. The Balaban J connectivity index is 1.35. The summed E-state index contributed by atoms with van der Waals surface area (Å²) in [5.41, 5.74) is 4.06. The number of hydrogen-bond acceptors (Lipinski definition) is 4. The van der Waals surface area contributed by atoms with Crippen LogP contribution < -0.4 is 10.2 Å². The zero-order valence-corrected chi connectivity index (χ0v) is 17.2. The smallest absolute Gasteiger partial charge is 0.185 e. The molecular formula is C21H21FN4S2. The van der Waals surface area contributed by atoms with Gasteiger partial charge in [0.05, 0.1) is 5.69 Å². The van der Waals surface area contributed by atoms with Crippen LogP contribution in [-0.2, 0) is 0 Å². The number of piperazine rings is 1. The lowest BCUT2D eigenvalue weighted by atomic mass is 10.2. The second kappa shape index (κ2) is 8.24. The fraction of sp³-hybridized carbons (Fsp3) is 0.238. The van der Waals surface area contributed by atoms with Crippen molar-refractivity contribution in [2.45, 2.75) is 6.92 Å². The van der Waals surface area contributed by atoms with Gasteiger partial charge >= 0.3 is 0 Å². The lowest BCUT2D eigenvalue weighted by Crippen LogP contribution is -2.50. The van der Waals surface area contributed by atoms with E-state index in [9.17, 15) is 4.39 Å². The molecule has 0 unspecified atom stereocenters. The number of aryl methyl sites for hydroxylation is 1. The highest BCUT2D eigenvalue weighted by molar-refractivity contribution is 7.80. The van der Waals surface area contributed by atoms with E-state index in [1.54, 1.807) is 23.5 Å². The average Bonchev–Trinajstić information content (AvgIpc) is 3.19. The predicted molar refractivity (Wildman–Crippen MR) is 119 cm³/mol. The van der Waals surface area contributed by atoms with Gasteiger partial charge in [-0.2, -0.15) is 0 Å². The maximum atomic E-state index is 13.1. The topological polar surface area (TPSA) is 31.4 Å². The van der Waals surface area contributed by atoms with Crippen LogP contribution in [0.2, 0.25) is 0 Å². The number of nitrogens with zero attached hydrogens (tertiary/aromatic N) is 3. The van der Waals surface area contributed by atoms with Gasteiger partial charge in [0.2, 0.25) is 0 Å². The Morgan fingerprint density at radius 3 is 2.57 bits per heavy atom. The molecule has 2 aromatic carbocycles. The molecule has 3 aromatic rings. The highest BCUT2D eigenvalue weighted by Gasteiger charge is 2.21. The number of halogens is 1. The fourth-order valence-electron chi connectivity index (χ4n) is 3.19. The zero-order valence-electron chi connectivity index (χ0n) is 15.6. The van der Waals surface area contributed by atoms with Crippen molar-refractivity contribution < 1.29 is 4.39 Å². The van der Waals surface area contributed by atoms with E-state index < -0.39 is 0 Å². The molecule has 4 nitrogen and oxygen atoms in total. The van der Waals surface area contributed by atoms with E-state index in [0.29, 0.717) is 0 Å². The molecule has 0 atom stereocenters. The number of benzene rings is 2. The molecule has 0 amide bonds. The second-order valence-corrected chi connectivity index (χ2v) is 8.02. The molecule has 1 saturated heterocycles. The van der Waals surface area contributed by atoms with Gasteiger partial charge < -0.3 is 15.1 Å². The van der Waals surface area contributed by atoms with Crippen molar-refractivity contribution >= 4 is 39.5 Å². The summed E-state index contributed by atoms with van der Waals surface area (Å²) in [6.45, 7) is 5.51. The minimum atomic E-state index is -0.231. The lowest BCUT2D eigenvalue weighted by molar-refractivity contribution is 0.390. The Bertz CT molecular complexity index is 963. The number of rotatable bonds is 3. The first-order chi connectivity index (χ1) is 13.6. The maximum absolute atomic E-state index is 13.1. The quantitative estimate of drug-likeness (QED) is 0.626. The Morgan fingerprint density at radius 2 is 1.86 bits per heavy atom. The summed E-state index contributed by atoms with van der Waals surface area (Å²) >= 11 is 7.21. The summed E-state index contributed by atoms with van der Waals surface area (Å²) in [6.07, 6.45) is 0. The summed E-state index contributed by atoms with van der Waals surface area (Å²) in [4.78, 5) is 9.21. The number of aromatic nitrogens is 1. The normalized spacial score (nSPS) is 14.2. The van der Waals surface area contributed by atoms with Crippen molar-refractivity contribution in [2.24, 2.45) is 0 Å². The molecule has 1 aliphatic heterocycles. The first-order valence-electron chi connectivity index (χ1n) is 9.17. The minimum absolute atomic E-state index is 0.231. The number of nitrogens with one attached hydrogen (secondary N) is 1.